The maximum absolute atomic E-state index is 10.8. The van der Waals surface area contributed by atoms with E-state index in [-0.39, 0.29) is 6.03 Å². The van der Waals surface area contributed by atoms with Crippen molar-refractivity contribution >= 4 is 45.7 Å². The fraction of sp³-hybridized carbons (Fsp3) is 0.500. The van der Waals surface area contributed by atoms with Crippen LogP contribution in [0.1, 0.15) is 5.76 Å². The molecule has 0 aliphatic heterocycles. The van der Waals surface area contributed by atoms with Crippen molar-refractivity contribution in [3.8, 4) is 0 Å². The zero-order valence-corrected chi connectivity index (χ0v) is 11.9. The molecular formula is C8H12BrN3O2S2. The average molecular weight is 326 g/mol. The molecule has 0 aliphatic rings. The highest BCUT2D eigenvalue weighted by Crippen LogP contribution is 2.16. The summed E-state index contributed by atoms with van der Waals surface area (Å²) in [5, 5.41) is 6.20. The van der Waals surface area contributed by atoms with Crippen LogP contribution in [0.25, 0.3) is 0 Å². The second-order valence-electron chi connectivity index (χ2n) is 2.70. The summed E-state index contributed by atoms with van der Waals surface area (Å²) in [6, 6.07) is 1.68. The SMILES string of the molecule is CNC(=O)NSCCSCc1cc(Br)no1. The largest absolute Gasteiger partial charge is 0.359 e. The van der Waals surface area contributed by atoms with E-state index in [1.54, 1.807) is 18.8 Å². The van der Waals surface area contributed by atoms with Gasteiger partial charge in [-0.1, -0.05) is 5.16 Å². The summed E-state index contributed by atoms with van der Waals surface area (Å²) in [5.74, 6) is 3.43. The summed E-state index contributed by atoms with van der Waals surface area (Å²) < 4.78 is 8.39. The Kier molecular flexibility index (Phi) is 6.74. The lowest BCUT2D eigenvalue weighted by atomic mass is 10.5. The molecule has 8 heteroatoms. The Morgan fingerprint density at radius 3 is 3.06 bits per heavy atom. The second-order valence-corrected chi connectivity index (χ2v) is 5.52. The minimum atomic E-state index is -0.172. The average Bonchev–Trinajstić information content (AvgIpc) is 2.69. The first-order chi connectivity index (χ1) is 7.72. The molecule has 1 aromatic heterocycles. The molecule has 0 radical (unpaired) electrons. The van der Waals surface area contributed by atoms with Crippen LogP contribution in [0.4, 0.5) is 4.79 Å². The number of hydrogen-bond donors (Lipinski definition) is 2. The van der Waals surface area contributed by atoms with Crippen LogP contribution in [-0.2, 0) is 5.75 Å². The van der Waals surface area contributed by atoms with E-state index in [0.717, 1.165) is 27.6 Å². The van der Waals surface area contributed by atoms with Crippen LogP contribution in [0.3, 0.4) is 0 Å². The van der Waals surface area contributed by atoms with E-state index < -0.39 is 0 Å². The summed E-state index contributed by atoms with van der Waals surface area (Å²) in [6.45, 7) is 0. The number of thioether (sulfide) groups is 1. The van der Waals surface area contributed by atoms with Gasteiger partial charge in [-0.25, -0.2) is 4.79 Å². The summed E-state index contributed by atoms with van der Waals surface area (Å²) in [5.41, 5.74) is 0. The lowest BCUT2D eigenvalue weighted by Crippen LogP contribution is -2.27. The van der Waals surface area contributed by atoms with E-state index in [1.165, 1.54) is 11.9 Å². The molecule has 0 saturated heterocycles. The van der Waals surface area contributed by atoms with E-state index in [2.05, 4.69) is 31.1 Å². The zero-order chi connectivity index (χ0) is 11.8. The predicted octanol–water partition coefficient (Wildman–Crippen LogP) is 2.25. The molecule has 16 heavy (non-hydrogen) atoms. The van der Waals surface area contributed by atoms with Crippen molar-refractivity contribution in [2.24, 2.45) is 0 Å². The molecule has 0 spiro atoms. The molecule has 0 atom stereocenters. The summed E-state index contributed by atoms with van der Waals surface area (Å²) in [4.78, 5) is 10.8. The number of nitrogens with one attached hydrogen (secondary N) is 2. The lowest BCUT2D eigenvalue weighted by molar-refractivity contribution is 0.248. The number of rotatable bonds is 6. The van der Waals surface area contributed by atoms with Gasteiger partial charge in [0.1, 0.15) is 10.4 Å². The normalized spacial score (nSPS) is 10.1. The molecule has 2 amide bonds. The van der Waals surface area contributed by atoms with Gasteiger partial charge >= 0.3 is 6.03 Å². The first-order valence-electron chi connectivity index (χ1n) is 4.50. The van der Waals surface area contributed by atoms with Crippen molar-refractivity contribution in [3.05, 3.63) is 16.4 Å². The van der Waals surface area contributed by atoms with Crippen LogP contribution in [0.5, 0.6) is 0 Å². The molecule has 1 heterocycles. The van der Waals surface area contributed by atoms with Crippen LogP contribution in [0.15, 0.2) is 15.2 Å². The Balaban J connectivity index is 1.98. The summed E-state index contributed by atoms with van der Waals surface area (Å²) >= 11 is 6.34. The molecular weight excluding hydrogens is 314 g/mol. The minimum absolute atomic E-state index is 0.172. The van der Waals surface area contributed by atoms with Crippen LogP contribution in [-0.4, -0.2) is 29.7 Å². The zero-order valence-electron chi connectivity index (χ0n) is 8.66. The third-order valence-electron chi connectivity index (χ3n) is 1.50. The molecule has 90 valence electrons. The molecule has 0 aromatic carbocycles. The van der Waals surface area contributed by atoms with Gasteiger partial charge in [-0.05, 0) is 27.9 Å². The van der Waals surface area contributed by atoms with Crippen molar-refractivity contribution in [3.63, 3.8) is 0 Å². The van der Waals surface area contributed by atoms with Crippen molar-refractivity contribution in [1.82, 2.24) is 15.2 Å². The number of carbonyl (C=O) groups is 1. The van der Waals surface area contributed by atoms with Crippen molar-refractivity contribution in [1.29, 1.82) is 0 Å². The standard InChI is InChI=1S/C8H12BrN3O2S2/c1-10-8(13)12-16-3-2-15-5-6-4-7(9)11-14-6/h4H,2-3,5H2,1H3,(H2,10,12,13). The van der Waals surface area contributed by atoms with Crippen molar-refractivity contribution in [2.45, 2.75) is 5.75 Å². The number of hydrogen-bond acceptors (Lipinski definition) is 5. The van der Waals surface area contributed by atoms with Crippen LogP contribution < -0.4 is 10.0 Å². The highest BCUT2D eigenvalue weighted by atomic mass is 79.9. The number of urea groups is 1. The Hall–Kier alpha value is -0.340. The Labute approximate surface area is 111 Å². The smallest absolute Gasteiger partial charge is 0.324 e. The predicted molar refractivity (Wildman–Crippen MR) is 70.4 cm³/mol. The summed E-state index contributed by atoms with van der Waals surface area (Å²) in [7, 11) is 1.59. The second kappa shape index (κ2) is 7.86. The van der Waals surface area contributed by atoms with Gasteiger partial charge in [0, 0.05) is 24.6 Å². The van der Waals surface area contributed by atoms with Gasteiger partial charge in [0.15, 0.2) is 0 Å². The number of aromatic nitrogens is 1. The maximum Gasteiger partial charge on any atom is 0.324 e. The van der Waals surface area contributed by atoms with Crippen molar-refractivity contribution < 1.29 is 9.32 Å². The van der Waals surface area contributed by atoms with Gasteiger partial charge in [-0.3, -0.25) is 4.72 Å². The maximum atomic E-state index is 10.8. The molecule has 5 nitrogen and oxygen atoms in total. The Morgan fingerprint density at radius 1 is 1.62 bits per heavy atom. The van der Waals surface area contributed by atoms with Crippen LogP contribution in [0, 0.1) is 0 Å². The van der Waals surface area contributed by atoms with Gasteiger partial charge < -0.3 is 9.84 Å². The highest BCUT2D eigenvalue weighted by molar-refractivity contribution is 9.10. The van der Waals surface area contributed by atoms with Crippen LogP contribution in [0.2, 0.25) is 0 Å². The van der Waals surface area contributed by atoms with E-state index >= 15 is 0 Å². The molecule has 0 fully saturated rings. The number of halogens is 1. The van der Waals surface area contributed by atoms with E-state index in [9.17, 15) is 4.79 Å². The number of nitrogens with zero attached hydrogens (tertiary/aromatic N) is 1. The molecule has 0 aliphatic carbocycles. The van der Waals surface area contributed by atoms with E-state index in [0.29, 0.717) is 0 Å². The Morgan fingerprint density at radius 2 is 2.44 bits per heavy atom. The topological polar surface area (TPSA) is 67.2 Å². The quantitative estimate of drug-likeness (QED) is 0.620. The van der Waals surface area contributed by atoms with Gasteiger partial charge in [-0.2, -0.15) is 11.8 Å². The first-order valence-corrected chi connectivity index (χ1v) is 7.44. The molecule has 0 saturated carbocycles. The fourth-order valence-corrected chi connectivity index (χ4v) is 2.75. The van der Waals surface area contributed by atoms with Gasteiger partial charge in [0.25, 0.3) is 0 Å². The first kappa shape index (κ1) is 13.7. The van der Waals surface area contributed by atoms with Gasteiger partial charge in [-0.15, -0.1) is 0 Å². The fourth-order valence-electron chi connectivity index (χ4n) is 0.797. The number of carbonyl (C=O) groups excluding carboxylic acids is 1. The molecule has 2 N–H and O–H groups in total. The molecule has 0 bridgehead atoms. The van der Waals surface area contributed by atoms with Crippen molar-refractivity contribution in [2.75, 3.05) is 18.6 Å². The minimum Gasteiger partial charge on any atom is -0.359 e. The van der Waals surface area contributed by atoms with Crippen LogP contribution >= 0.6 is 39.6 Å². The van der Waals surface area contributed by atoms with E-state index in [1.807, 2.05) is 6.07 Å². The molecule has 1 rings (SSSR count). The third kappa shape index (κ3) is 5.66. The highest BCUT2D eigenvalue weighted by Gasteiger charge is 2.01. The third-order valence-corrected chi connectivity index (χ3v) is 3.85. The van der Waals surface area contributed by atoms with Gasteiger partial charge in [0.2, 0.25) is 0 Å². The molecule has 1 aromatic rings. The van der Waals surface area contributed by atoms with E-state index in [4.69, 9.17) is 4.52 Å². The summed E-state index contributed by atoms with van der Waals surface area (Å²) in [6.07, 6.45) is 0. The Bertz CT molecular complexity index is 335. The number of amides is 2. The lowest BCUT2D eigenvalue weighted by Gasteiger charge is -2.02. The molecule has 0 unspecified atom stereocenters. The monoisotopic (exact) mass is 325 g/mol. The van der Waals surface area contributed by atoms with Gasteiger partial charge in [0.05, 0.1) is 5.75 Å².